The average molecular weight is 360 g/mol. The van der Waals surface area contributed by atoms with E-state index in [2.05, 4.69) is 10.00 Å². The third-order valence-corrected chi connectivity index (χ3v) is 4.54. The molecule has 0 amide bonds. The Kier molecular flexibility index (Phi) is 5.89. The smallest absolute Gasteiger partial charge is 0.185 e. The zero-order chi connectivity index (χ0) is 17.6. The van der Waals surface area contributed by atoms with Crippen molar-refractivity contribution in [3.63, 3.8) is 0 Å². The van der Waals surface area contributed by atoms with Gasteiger partial charge < -0.3 is 10.0 Å². The van der Waals surface area contributed by atoms with Gasteiger partial charge in [0.25, 0.3) is 0 Å². The third kappa shape index (κ3) is 4.71. The molecule has 1 fully saturated rings. The van der Waals surface area contributed by atoms with Gasteiger partial charge in [-0.15, -0.1) is 11.6 Å². The number of rotatable bonds is 6. The van der Waals surface area contributed by atoms with Gasteiger partial charge in [-0.2, -0.15) is 5.10 Å². The van der Waals surface area contributed by atoms with Gasteiger partial charge >= 0.3 is 0 Å². The molecular formula is C19H22ClN3O2. The number of benzene rings is 1. The van der Waals surface area contributed by atoms with E-state index in [0.717, 1.165) is 37.2 Å². The van der Waals surface area contributed by atoms with Crippen LogP contribution in [0.15, 0.2) is 42.7 Å². The zero-order valence-electron chi connectivity index (χ0n) is 14.0. The Balaban J connectivity index is 1.61. The first-order valence-corrected chi connectivity index (χ1v) is 9.03. The summed E-state index contributed by atoms with van der Waals surface area (Å²) in [7, 11) is 0. The van der Waals surface area contributed by atoms with Gasteiger partial charge in [0, 0.05) is 42.0 Å². The van der Waals surface area contributed by atoms with E-state index >= 15 is 0 Å². The number of aliphatic hydroxyl groups excluding tert-OH is 1. The summed E-state index contributed by atoms with van der Waals surface area (Å²) in [6.07, 6.45) is 8.30. The highest BCUT2D eigenvalue weighted by molar-refractivity contribution is 6.17. The normalized spacial score (nSPS) is 15.8. The lowest BCUT2D eigenvalue weighted by molar-refractivity contribution is 0.104. The highest BCUT2D eigenvalue weighted by Crippen LogP contribution is 2.21. The molecule has 1 aliphatic heterocycles. The van der Waals surface area contributed by atoms with Gasteiger partial charge in [-0.25, -0.2) is 0 Å². The SMILES string of the molecule is O=C(/C=C/c1cnn(CCCl)c1)c1ccc(N2CCC(O)CC2)cc1. The number of carbonyl (C=O) groups is 1. The number of aromatic nitrogens is 2. The molecule has 5 nitrogen and oxygen atoms in total. The minimum Gasteiger partial charge on any atom is -0.393 e. The van der Waals surface area contributed by atoms with E-state index in [0.29, 0.717) is 18.0 Å². The lowest BCUT2D eigenvalue weighted by atomic mass is 10.1. The summed E-state index contributed by atoms with van der Waals surface area (Å²) in [5, 5.41) is 13.8. The van der Waals surface area contributed by atoms with Crippen LogP contribution in [0, 0.1) is 0 Å². The molecule has 3 rings (SSSR count). The van der Waals surface area contributed by atoms with Crippen molar-refractivity contribution in [1.82, 2.24) is 9.78 Å². The first kappa shape index (κ1) is 17.7. The van der Waals surface area contributed by atoms with Crippen LogP contribution in [0.2, 0.25) is 0 Å². The predicted octanol–water partition coefficient (Wildman–Crippen LogP) is 2.98. The molecule has 25 heavy (non-hydrogen) atoms. The molecule has 1 N–H and O–H groups in total. The predicted molar refractivity (Wildman–Crippen MR) is 100 cm³/mol. The van der Waals surface area contributed by atoms with E-state index < -0.39 is 0 Å². The number of aliphatic hydroxyl groups is 1. The molecule has 2 heterocycles. The van der Waals surface area contributed by atoms with Gasteiger partial charge in [-0.1, -0.05) is 0 Å². The number of halogens is 1. The Morgan fingerprint density at radius 2 is 2.00 bits per heavy atom. The molecule has 0 saturated carbocycles. The molecule has 1 aromatic carbocycles. The Morgan fingerprint density at radius 3 is 2.68 bits per heavy atom. The van der Waals surface area contributed by atoms with Crippen molar-refractivity contribution in [3.8, 4) is 0 Å². The van der Waals surface area contributed by atoms with E-state index in [9.17, 15) is 9.90 Å². The maximum Gasteiger partial charge on any atom is 0.185 e. The molecule has 0 radical (unpaired) electrons. The van der Waals surface area contributed by atoms with Gasteiger partial charge in [-0.05, 0) is 49.3 Å². The average Bonchev–Trinajstić information content (AvgIpc) is 3.08. The number of nitrogens with zero attached hydrogens (tertiary/aromatic N) is 3. The number of hydrogen-bond acceptors (Lipinski definition) is 4. The largest absolute Gasteiger partial charge is 0.393 e. The van der Waals surface area contributed by atoms with Crippen molar-refractivity contribution in [3.05, 3.63) is 53.9 Å². The lowest BCUT2D eigenvalue weighted by Gasteiger charge is -2.31. The van der Waals surface area contributed by atoms with Crippen LogP contribution in [0.1, 0.15) is 28.8 Å². The summed E-state index contributed by atoms with van der Waals surface area (Å²) in [4.78, 5) is 14.5. The number of ketones is 1. The van der Waals surface area contributed by atoms with E-state index in [1.54, 1.807) is 23.0 Å². The highest BCUT2D eigenvalue weighted by atomic mass is 35.5. The fraction of sp³-hybridized carbons (Fsp3) is 0.368. The van der Waals surface area contributed by atoms with Gasteiger partial charge in [-0.3, -0.25) is 9.48 Å². The fourth-order valence-electron chi connectivity index (χ4n) is 2.90. The molecular weight excluding hydrogens is 338 g/mol. The maximum atomic E-state index is 12.3. The van der Waals surface area contributed by atoms with Crippen molar-refractivity contribution in [2.45, 2.75) is 25.5 Å². The molecule has 1 aromatic heterocycles. The van der Waals surface area contributed by atoms with Crippen LogP contribution in [0.3, 0.4) is 0 Å². The molecule has 0 atom stereocenters. The van der Waals surface area contributed by atoms with Crippen LogP contribution in [0.5, 0.6) is 0 Å². The third-order valence-electron chi connectivity index (χ3n) is 4.38. The molecule has 1 aliphatic rings. The minimum absolute atomic E-state index is 0.0364. The van der Waals surface area contributed by atoms with Gasteiger partial charge in [0.05, 0.1) is 18.8 Å². The highest BCUT2D eigenvalue weighted by Gasteiger charge is 2.17. The number of alkyl halides is 1. The van der Waals surface area contributed by atoms with Crippen molar-refractivity contribution < 1.29 is 9.90 Å². The second-order valence-electron chi connectivity index (χ2n) is 6.19. The van der Waals surface area contributed by atoms with Gasteiger partial charge in [0.2, 0.25) is 0 Å². The standard InChI is InChI=1S/C19H22ClN3O2/c20-9-12-23-14-15(13-21-23)1-6-19(25)16-2-4-17(5-3-16)22-10-7-18(24)8-11-22/h1-6,13-14,18,24H,7-12H2/b6-1+. The van der Waals surface area contributed by atoms with Crippen molar-refractivity contribution >= 4 is 29.1 Å². The lowest BCUT2D eigenvalue weighted by Crippen LogP contribution is -2.35. The number of allylic oxidation sites excluding steroid dienone is 1. The summed E-state index contributed by atoms with van der Waals surface area (Å²) in [5.74, 6) is 0.470. The molecule has 1 saturated heterocycles. The number of hydrogen-bond donors (Lipinski definition) is 1. The fourth-order valence-corrected chi connectivity index (χ4v) is 3.08. The quantitative estimate of drug-likeness (QED) is 0.489. The number of anilines is 1. The summed E-state index contributed by atoms with van der Waals surface area (Å²) in [6, 6.07) is 7.64. The minimum atomic E-state index is -0.184. The Morgan fingerprint density at radius 1 is 1.28 bits per heavy atom. The van der Waals surface area contributed by atoms with Crippen LogP contribution in [0.25, 0.3) is 6.08 Å². The number of piperidine rings is 1. The van der Waals surface area contributed by atoms with Crippen LogP contribution < -0.4 is 4.90 Å². The summed E-state index contributed by atoms with van der Waals surface area (Å²) in [5.41, 5.74) is 2.63. The maximum absolute atomic E-state index is 12.3. The van der Waals surface area contributed by atoms with E-state index in [-0.39, 0.29) is 11.9 Å². The molecule has 0 aliphatic carbocycles. The second-order valence-corrected chi connectivity index (χ2v) is 6.57. The van der Waals surface area contributed by atoms with Crippen LogP contribution in [-0.2, 0) is 6.54 Å². The first-order chi connectivity index (χ1) is 12.2. The van der Waals surface area contributed by atoms with Gasteiger partial charge in [0.1, 0.15) is 0 Å². The zero-order valence-corrected chi connectivity index (χ0v) is 14.8. The summed E-state index contributed by atoms with van der Waals surface area (Å²) in [6.45, 7) is 2.35. The van der Waals surface area contributed by atoms with Crippen LogP contribution in [0.4, 0.5) is 5.69 Å². The Labute approximate surface area is 152 Å². The Bertz CT molecular complexity index is 731. The monoisotopic (exact) mass is 359 g/mol. The molecule has 0 unspecified atom stereocenters. The molecule has 6 heteroatoms. The topological polar surface area (TPSA) is 58.4 Å². The number of aryl methyl sites for hydroxylation is 1. The molecule has 132 valence electrons. The molecule has 0 spiro atoms. The summed E-state index contributed by atoms with van der Waals surface area (Å²) < 4.78 is 1.75. The van der Waals surface area contributed by atoms with E-state index in [1.807, 2.05) is 30.5 Å². The van der Waals surface area contributed by atoms with E-state index in [4.69, 9.17) is 11.6 Å². The Hall–Kier alpha value is -2.11. The van der Waals surface area contributed by atoms with Crippen molar-refractivity contribution in [1.29, 1.82) is 0 Å². The van der Waals surface area contributed by atoms with Gasteiger partial charge in [0.15, 0.2) is 5.78 Å². The number of carbonyl (C=O) groups excluding carboxylic acids is 1. The second kappa shape index (κ2) is 8.32. The van der Waals surface area contributed by atoms with E-state index in [1.165, 1.54) is 0 Å². The molecule has 0 bridgehead atoms. The first-order valence-electron chi connectivity index (χ1n) is 8.49. The molecule has 2 aromatic rings. The van der Waals surface area contributed by atoms with Crippen LogP contribution >= 0.6 is 11.6 Å². The van der Waals surface area contributed by atoms with Crippen molar-refractivity contribution in [2.75, 3.05) is 23.9 Å². The van der Waals surface area contributed by atoms with Crippen LogP contribution in [-0.4, -0.2) is 45.7 Å². The van der Waals surface area contributed by atoms with Crippen molar-refractivity contribution in [2.24, 2.45) is 0 Å². The summed E-state index contributed by atoms with van der Waals surface area (Å²) >= 11 is 5.68.